The molecule has 0 saturated heterocycles. The Morgan fingerprint density at radius 1 is 1.24 bits per heavy atom. The second-order valence-electron chi connectivity index (χ2n) is 5.14. The van der Waals surface area contributed by atoms with Crippen LogP contribution in [0, 0.1) is 5.82 Å². The van der Waals surface area contributed by atoms with Gasteiger partial charge in [-0.05, 0) is 19.1 Å². The minimum Gasteiger partial charge on any atom is -0.484 e. The first-order valence-electron chi connectivity index (χ1n) is 6.67. The highest BCUT2D eigenvalue weighted by atomic mass is 35.5. The molecule has 1 heterocycles. The molecule has 2 rings (SSSR count). The second-order valence-corrected chi connectivity index (χ2v) is 6.28. The summed E-state index contributed by atoms with van der Waals surface area (Å²) >= 11 is 17.6. The summed E-state index contributed by atoms with van der Waals surface area (Å²) in [5, 5.41) is -1.31. The molecule has 0 radical (unpaired) electrons. The number of halogens is 7. The van der Waals surface area contributed by atoms with Gasteiger partial charge in [0.05, 0.1) is 10.0 Å². The van der Waals surface area contributed by atoms with Crippen LogP contribution in [0.3, 0.4) is 0 Å². The van der Waals surface area contributed by atoms with Gasteiger partial charge in [0, 0.05) is 18.2 Å². The van der Waals surface area contributed by atoms with E-state index in [9.17, 15) is 22.4 Å². The van der Waals surface area contributed by atoms with Crippen LogP contribution >= 0.6 is 34.8 Å². The molecule has 136 valence electrons. The van der Waals surface area contributed by atoms with Gasteiger partial charge >= 0.3 is 6.18 Å². The molecule has 0 N–H and O–H groups in total. The van der Waals surface area contributed by atoms with E-state index in [0.29, 0.717) is 4.57 Å². The number of carbonyl (C=O) groups is 1. The van der Waals surface area contributed by atoms with Crippen LogP contribution in [0.5, 0.6) is 5.75 Å². The molecule has 0 unspecified atom stereocenters. The number of Topliss-reactive ketones (excluding diaryl/α,β-unsaturated/α-hetero) is 1. The molecule has 0 aliphatic rings. The van der Waals surface area contributed by atoms with Gasteiger partial charge < -0.3 is 9.30 Å². The van der Waals surface area contributed by atoms with E-state index in [0.717, 1.165) is 19.2 Å². The van der Waals surface area contributed by atoms with E-state index < -0.39 is 27.9 Å². The third-order valence-corrected chi connectivity index (χ3v) is 4.36. The third kappa shape index (κ3) is 3.88. The Morgan fingerprint density at radius 2 is 1.84 bits per heavy atom. The molecular weight excluding hydrogens is 409 g/mol. The molecule has 2 aromatic rings. The van der Waals surface area contributed by atoms with Crippen LogP contribution in [-0.2, 0) is 18.0 Å². The Balaban J connectivity index is 2.67. The zero-order chi connectivity index (χ0) is 19.1. The van der Waals surface area contributed by atoms with E-state index in [2.05, 4.69) is 0 Å². The lowest BCUT2D eigenvalue weighted by atomic mass is 10.1. The number of benzene rings is 1. The van der Waals surface area contributed by atoms with Crippen molar-refractivity contribution in [2.24, 2.45) is 7.05 Å². The number of nitrogens with zero attached hydrogens (tertiary/aromatic N) is 1. The molecule has 25 heavy (non-hydrogen) atoms. The summed E-state index contributed by atoms with van der Waals surface area (Å²) in [4.78, 5) is 11.0. The molecule has 0 aliphatic carbocycles. The van der Waals surface area contributed by atoms with E-state index in [-0.39, 0.29) is 34.3 Å². The molecule has 1 aromatic heterocycles. The predicted molar refractivity (Wildman–Crippen MR) is 87.0 cm³/mol. The smallest absolute Gasteiger partial charge is 0.432 e. The van der Waals surface area contributed by atoms with Gasteiger partial charge in [0.2, 0.25) is 0 Å². The average molecular weight is 419 g/mol. The highest BCUT2D eigenvalue weighted by Crippen LogP contribution is 2.47. The van der Waals surface area contributed by atoms with Crippen LogP contribution in [0.4, 0.5) is 17.6 Å². The van der Waals surface area contributed by atoms with Gasteiger partial charge in [0.15, 0.2) is 5.78 Å². The number of ketones is 1. The molecule has 0 spiro atoms. The lowest BCUT2D eigenvalue weighted by molar-refractivity contribution is -0.142. The molecule has 0 bridgehead atoms. The van der Waals surface area contributed by atoms with Crippen molar-refractivity contribution in [3.63, 3.8) is 0 Å². The Morgan fingerprint density at radius 3 is 2.32 bits per heavy atom. The number of alkyl halides is 3. The normalized spacial score (nSPS) is 11.7. The highest BCUT2D eigenvalue weighted by molar-refractivity contribution is 6.40. The molecular formula is C15H10Cl3F4NO2. The average Bonchev–Trinajstić information content (AvgIpc) is 2.68. The number of carbonyl (C=O) groups excluding carboxylic acids is 1. The van der Waals surface area contributed by atoms with Crippen molar-refractivity contribution in [1.29, 1.82) is 0 Å². The molecule has 0 atom stereocenters. The molecule has 1 aromatic carbocycles. The molecule has 10 heteroatoms. The lowest BCUT2D eigenvalue weighted by Gasteiger charge is -2.10. The van der Waals surface area contributed by atoms with Gasteiger partial charge in [-0.3, -0.25) is 4.79 Å². The lowest BCUT2D eigenvalue weighted by Crippen LogP contribution is -2.11. The van der Waals surface area contributed by atoms with Gasteiger partial charge in [0.1, 0.15) is 29.0 Å². The number of hydrogen-bond acceptors (Lipinski definition) is 2. The fourth-order valence-electron chi connectivity index (χ4n) is 2.18. The van der Waals surface area contributed by atoms with E-state index in [1.165, 1.54) is 6.92 Å². The van der Waals surface area contributed by atoms with E-state index in [1.54, 1.807) is 0 Å². The van der Waals surface area contributed by atoms with Crippen LogP contribution in [0.25, 0.3) is 11.1 Å². The maximum Gasteiger partial charge on any atom is 0.432 e. The molecule has 0 fully saturated rings. The van der Waals surface area contributed by atoms with Crippen LogP contribution in [0.2, 0.25) is 15.2 Å². The van der Waals surface area contributed by atoms with Crippen LogP contribution in [0.15, 0.2) is 12.1 Å². The fraction of sp³-hybridized carbons (Fsp3) is 0.267. The van der Waals surface area contributed by atoms with Crippen molar-refractivity contribution in [2.75, 3.05) is 6.61 Å². The maximum atomic E-state index is 14.3. The Bertz CT molecular complexity index is 847. The van der Waals surface area contributed by atoms with E-state index in [1.807, 2.05) is 0 Å². The number of rotatable bonds is 4. The van der Waals surface area contributed by atoms with E-state index >= 15 is 0 Å². The first-order chi connectivity index (χ1) is 11.4. The SMILES string of the molecule is CC(=O)COc1cc(-c2c(Cl)c(C(F)(F)F)n(C)c2Cl)c(F)cc1Cl. The van der Waals surface area contributed by atoms with Crippen LogP contribution in [0.1, 0.15) is 12.6 Å². The summed E-state index contributed by atoms with van der Waals surface area (Å²) in [7, 11) is 1.06. The van der Waals surface area contributed by atoms with Gasteiger partial charge in [-0.15, -0.1) is 0 Å². The molecule has 0 aliphatic heterocycles. The number of hydrogen-bond donors (Lipinski definition) is 0. The Hall–Kier alpha value is -1.44. The molecule has 3 nitrogen and oxygen atoms in total. The minimum absolute atomic E-state index is 0.0854. The summed E-state index contributed by atoms with van der Waals surface area (Å²) in [5.74, 6) is -1.35. The third-order valence-electron chi connectivity index (χ3n) is 3.25. The summed E-state index contributed by atoms with van der Waals surface area (Å²) < 4.78 is 59.4. The van der Waals surface area contributed by atoms with Crippen molar-refractivity contribution in [1.82, 2.24) is 4.57 Å². The van der Waals surface area contributed by atoms with E-state index in [4.69, 9.17) is 39.5 Å². The topological polar surface area (TPSA) is 31.2 Å². The first-order valence-corrected chi connectivity index (χ1v) is 7.81. The summed E-state index contributed by atoms with van der Waals surface area (Å²) in [5.41, 5.74) is -1.89. The van der Waals surface area contributed by atoms with Gasteiger partial charge in [0.25, 0.3) is 0 Å². The highest BCUT2D eigenvalue weighted by Gasteiger charge is 2.40. The Kier molecular flexibility index (Phi) is 5.61. The fourth-order valence-corrected chi connectivity index (χ4v) is 3.14. The zero-order valence-electron chi connectivity index (χ0n) is 12.8. The predicted octanol–water partition coefficient (Wildman–Crippen LogP) is 5.78. The summed E-state index contributed by atoms with van der Waals surface area (Å²) in [6, 6.07) is 1.90. The van der Waals surface area contributed by atoms with Crippen molar-refractivity contribution < 1.29 is 27.1 Å². The van der Waals surface area contributed by atoms with Gasteiger partial charge in [-0.25, -0.2) is 4.39 Å². The Labute approximate surface area is 155 Å². The second kappa shape index (κ2) is 7.05. The van der Waals surface area contributed by atoms with Crippen molar-refractivity contribution in [2.45, 2.75) is 13.1 Å². The van der Waals surface area contributed by atoms with Crippen molar-refractivity contribution in [3.05, 3.63) is 38.8 Å². The van der Waals surface area contributed by atoms with Crippen molar-refractivity contribution >= 4 is 40.6 Å². The monoisotopic (exact) mass is 417 g/mol. The quantitative estimate of drug-likeness (QED) is 0.590. The first kappa shape index (κ1) is 19.9. The minimum atomic E-state index is -4.79. The largest absolute Gasteiger partial charge is 0.484 e. The zero-order valence-corrected chi connectivity index (χ0v) is 15.0. The van der Waals surface area contributed by atoms with Crippen LogP contribution < -0.4 is 4.74 Å². The summed E-state index contributed by atoms with van der Waals surface area (Å²) in [6.07, 6.45) is -4.79. The standard InChI is InChI=1S/C15H10Cl3F4NO2/c1-6(24)5-25-10-3-7(9(19)4-8(10)16)11-12(17)13(15(20,21)22)23(2)14(11)18/h3-4H,5H2,1-2H3. The maximum absolute atomic E-state index is 14.3. The number of ether oxygens (including phenoxy) is 1. The molecule has 0 amide bonds. The van der Waals surface area contributed by atoms with Crippen LogP contribution in [-0.4, -0.2) is 17.0 Å². The number of aromatic nitrogens is 1. The molecule has 0 saturated carbocycles. The van der Waals surface area contributed by atoms with Crippen molar-refractivity contribution in [3.8, 4) is 16.9 Å². The summed E-state index contributed by atoms with van der Waals surface area (Å²) in [6.45, 7) is 0.924. The van der Waals surface area contributed by atoms with Gasteiger partial charge in [-0.1, -0.05) is 34.8 Å². The van der Waals surface area contributed by atoms with Gasteiger partial charge in [-0.2, -0.15) is 13.2 Å².